The van der Waals surface area contributed by atoms with Crippen molar-refractivity contribution in [2.75, 3.05) is 5.75 Å². The van der Waals surface area contributed by atoms with Crippen LogP contribution < -0.4 is 0 Å². The second-order valence-corrected chi connectivity index (χ2v) is 6.23. The molecule has 1 N–H and O–H groups in total. The highest BCUT2D eigenvalue weighted by Crippen LogP contribution is 2.25. The minimum Gasteiger partial charge on any atom is -0.384 e. The summed E-state index contributed by atoms with van der Waals surface area (Å²) in [5.41, 5.74) is 3.24. The molecule has 2 heteroatoms. The molecule has 0 aliphatic rings. The molecule has 20 heavy (non-hydrogen) atoms. The maximum Gasteiger partial charge on any atom is 0.104 e. The predicted octanol–water partition coefficient (Wildman–Crippen LogP) is 4.83. The Kier molecular flexibility index (Phi) is 5.69. The summed E-state index contributed by atoms with van der Waals surface area (Å²) in [7, 11) is 0. The molecule has 0 amide bonds. The molecule has 2 rings (SSSR count). The maximum absolute atomic E-state index is 10.4. The fourth-order valence-corrected chi connectivity index (χ4v) is 2.92. The second-order valence-electron chi connectivity index (χ2n) is 4.90. The summed E-state index contributed by atoms with van der Waals surface area (Å²) in [5, 5.41) is 10.4. The monoisotopic (exact) mass is 286 g/mol. The molecule has 0 heterocycles. The van der Waals surface area contributed by atoms with E-state index >= 15 is 0 Å². The van der Waals surface area contributed by atoms with E-state index in [0.29, 0.717) is 0 Å². The van der Waals surface area contributed by atoms with Gasteiger partial charge in [-0.3, -0.25) is 0 Å². The van der Waals surface area contributed by atoms with E-state index in [4.69, 9.17) is 0 Å². The first kappa shape index (κ1) is 15.1. The third kappa shape index (κ3) is 3.87. The summed E-state index contributed by atoms with van der Waals surface area (Å²) < 4.78 is 0. The van der Waals surface area contributed by atoms with Crippen molar-refractivity contribution in [2.45, 2.75) is 37.7 Å². The van der Waals surface area contributed by atoms with Gasteiger partial charge in [0.25, 0.3) is 0 Å². The van der Waals surface area contributed by atoms with Crippen LogP contribution in [0.25, 0.3) is 0 Å². The molecular weight excluding hydrogens is 264 g/mol. The van der Waals surface area contributed by atoms with E-state index < -0.39 is 6.10 Å². The average Bonchev–Trinajstić information content (AvgIpc) is 2.49. The van der Waals surface area contributed by atoms with Gasteiger partial charge in [-0.15, -0.1) is 11.8 Å². The Morgan fingerprint density at radius 2 is 1.45 bits per heavy atom. The van der Waals surface area contributed by atoms with E-state index in [1.54, 1.807) is 0 Å². The van der Waals surface area contributed by atoms with Crippen LogP contribution >= 0.6 is 11.8 Å². The Labute approximate surface area is 126 Å². The molecule has 0 aliphatic heterocycles. The van der Waals surface area contributed by atoms with Gasteiger partial charge in [-0.05, 0) is 41.0 Å². The molecule has 106 valence electrons. The van der Waals surface area contributed by atoms with Crippen LogP contribution in [0.15, 0.2) is 53.4 Å². The maximum atomic E-state index is 10.4. The predicted molar refractivity (Wildman–Crippen MR) is 87.3 cm³/mol. The number of aryl methyl sites for hydroxylation is 1. The van der Waals surface area contributed by atoms with Gasteiger partial charge in [0.1, 0.15) is 6.10 Å². The Hall–Kier alpha value is -1.25. The van der Waals surface area contributed by atoms with Gasteiger partial charge in [-0.1, -0.05) is 56.7 Å². The van der Waals surface area contributed by atoms with Crippen LogP contribution in [0.3, 0.4) is 0 Å². The number of rotatable bonds is 6. The van der Waals surface area contributed by atoms with Gasteiger partial charge in [0, 0.05) is 4.90 Å². The first-order valence-electron chi connectivity index (χ1n) is 7.24. The highest BCUT2D eigenvalue weighted by atomic mass is 32.2. The van der Waals surface area contributed by atoms with E-state index in [0.717, 1.165) is 29.7 Å². The van der Waals surface area contributed by atoms with Crippen molar-refractivity contribution in [3.8, 4) is 0 Å². The fourth-order valence-electron chi connectivity index (χ4n) is 2.26. The summed E-state index contributed by atoms with van der Waals surface area (Å²) >= 11 is 1.82. The first-order valence-corrected chi connectivity index (χ1v) is 8.22. The van der Waals surface area contributed by atoms with Crippen LogP contribution in [0.5, 0.6) is 0 Å². The molecule has 0 saturated heterocycles. The van der Waals surface area contributed by atoms with Crippen LogP contribution in [0, 0.1) is 0 Å². The molecule has 0 spiro atoms. The van der Waals surface area contributed by atoms with Crippen LogP contribution in [-0.4, -0.2) is 10.9 Å². The van der Waals surface area contributed by atoms with Gasteiger partial charge in [-0.25, -0.2) is 0 Å². The van der Waals surface area contributed by atoms with E-state index in [9.17, 15) is 5.11 Å². The van der Waals surface area contributed by atoms with E-state index in [1.807, 2.05) is 36.0 Å². The molecule has 0 saturated carbocycles. The van der Waals surface area contributed by atoms with Crippen molar-refractivity contribution in [1.82, 2.24) is 0 Å². The molecule has 0 bridgehead atoms. The van der Waals surface area contributed by atoms with Crippen molar-refractivity contribution in [1.29, 1.82) is 0 Å². The summed E-state index contributed by atoms with van der Waals surface area (Å²) in [6.45, 7) is 4.32. The second kappa shape index (κ2) is 7.51. The van der Waals surface area contributed by atoms with Gasteiger partial charge in [0.15, 0.2) is 0 Å². The normalized spacial score (nSPS) is 12.3. The largest absolute Gasteiger partial charge is 0.384 e. The highest BCUT2D eigenvalue weighted by Gasteiger charge is 2.10. The topological polar surface area (TPSA) is 20.2 Å². The van der Waals surface area contributed by atoms with Gasteiger partial charge in [0.05, 0.1) is 0 Å². The smallest absolute Gasteiger partial charge is 0.104 e. The SMILES string of the molecule is CCCc1ccc(C(O)c2ccc(SCC)cc2)cc1. The number of hydrogen-bond acceptors (Lipinski definition) is 2. The van der Waals surface area contributed by atoms with E-state index in [1.165, 1.54) is 10.5 Å². The van der Waals surface area contributed by atoms with Gasteiger partial charge in [-0.2, -0.15) is 0 Å². The minimum atomic E-state index is -0.536. The number of aliphatic hydroxyl groups excluding tert-OH is 1. The Morgan fingerprint density at radius 1 is 0.900 bits per heavy atom. The summed E-state index contributed by atoms with van der Waals surface area (Å²) in [6.07, 6.45) is 1.71. The van der Waals surface area contributed by atoms with Crippen molar-refractivity contribution < 1.29 is 5.11 Å². The Bertz CT molecular complexity index is 467. The lowest BCUT2D eigenvalue weighted by atomic mass is 9.99. The highest BCUT2D eigenvalue weighted by molar-refractivity contribution is 7.99. The molecule has 0 fully saturated rings. The lowest BCUT2D eigenvalue weighted by Gasteiger charge is -2.12. The fraction of sp³-hybridized carbons (Fsp3) is 0.333. The molecule has 2 aromatic rings. The molecule has 1 atom stereocenters. The van der Waals surface area contributed by atoms with Crippen LogP contribution in [0.4, 0.5) is 0 Å². The van der Waals surface area contributed by atoms with Crippen molar-refractivity contribution in [2.24, 2.45) is 0 Å². The lowest BCUT2D eigenvalue weighted by Crippen LogP contribution is -1.99. The van der Waals surface area contributed by atoms with Gasteiger partial charge < -0.3 is 5.11 Å². The zero-order valence-corrected chi connectivity index (χ0v) is 13.0. The minimum absolute atomic E-state index is 0.536. The standard InChI is InChI=1S/C18H22OS/c1-3-5-14-6-8-15(9-7-14)18(19)16-10-12-17(13-11-16)20-4-2/h6-13,18-19H,3-5H2,1-2H3. The van der Waals surface area contributed by atoms with Gasteiger partial charge in [0.2, 0.25) is 0 Å². The molecule has 0 aliphatic carbocycles. The molecule has 0 aromatic heterocycles. The van der Waals surface area contributed by atoms with Crippen molar-refractivity contribution in [3.63, 3.8) is 0 Å². The van der Waals surface area contributed by atoms with Crippen LogP contribution in [-0.2, 0) is 6.42 Å². The number of thioether (sulfide) groups is 1. The summed E-state index contributed by atoms with van der Waals surface area (Å²) in [4.78, 5) is 1.25. The molecule has 2 aromatic carbocycles. The Balaban J connectivity index is 2.11. The zero-order valence-electron chi connectivity index (χ0n) is 12.2. The van der Waals surface area contributed by atoms with Crippen LogP contribution in [0.2, 0.25) is 0 Å². The van der Waals surface area contributed by atoms with E-state index in [2.05, 4.69) is 38.1 Å². The zero-order chi connectivity index (χ0) is 14.4. The summed E-state index contributed by atoms with van der Waals surface area (Å²) in [6, 6.07) is 16.5. The van der Waals surface area contributed by atoms with Gasteiger partial charge >= 0.3 is 0 Å². The quantitative estimate of drug-likeness (QED) is 0.767. The molecule has 1 unspecified atom stereocenters. The Morgan fingerprint density at radius 3 is 1.95 bits per heavy atom. The van der Waals surface area contributed by atoms with Crippen molar-refractivity contribution >= 4 is 11.8 Å². The number of aliphatic hydroxyl groups is 1. The third-order valence-electron chi connectivity index (χ3n) is 3.34. The van der Waals surface area contributed by atoms with Crippen LogP contribution in [0.1, 0.15) is 43.1 Å². The lowest BCUT2D eigenvalue weighted by molar-refractivity contribution is 0.220. The van der Waals surface area contributed by atoms with E-state index in [-0.39, 0.29) is 0 Å². The molecule has 0 radical (unpaired) electrons. The van der Waals surface area contributed by atoms with Crippen molar-refractivity contribution in [3.05, 3.63) is 65.2 Å². The average molecular weight is 286 g/mol. The summed E-state index contributed by atoms with van der Waals surface area (Å²) in [5.74, 6) is 1.07. The third-order valence-corrected chi connectivity index (χ3v) is 4.24. The molecular formula is C18H22OS. The molecule has 1 nitrogen and oxygen atoms in total. The number of hydrogen-bond donors (Lipinski definition) is 1. The number of benzene rings is 2. The first-order chi connectivity index (χ1) is 9.74.